The molecule has 1 fully saturated rings. The van der Waals surface area contributed by atoms with Gasteiger partial charge in [-0.2, -0.15) is 4.68 Å². The van der Waals surface area contributed by atoms with Gasteiger partial charge in [0.05, 0.1) is 11.6 Å². The fourth-order valence-corrected chi connectivity index (χ4v) is 2.49. The van der Waals surface area contributed by atoms with Crippen LogP contribution in [0.2, 0.25) is 0 Å². The molecule has 21 heavy (non-hydrogen) atoms. The molecule has 1 N–H and O–H groups in total. The maximum absolute atomic E-state index is 11.0. The van der Waals surface area contributed by atoms with Crippen LogP contribution in [0.3, 0.4) is 0 Å². The van der Waals surface area contributed by atoms with Crippen molar-refractivity contribution in [3.63, 3.8) is 0 Å². The maximum atomic E-state index is 11.0. The van der Waals surface area contributed by atoms with Crippen molar-refractivity contribution in [1.29, 1.82) is 0 Å². The lowest BCUT2D eigenvalue weighted by Gasteiger charge is -2.07. The van der Waals surface area contributed by atoms with E-state index in [-0.39, 0.29) is 11.8 Å². The van der Waals surface area contributed by atoms with Gasteiger partial charge in [-0.25, -0.2) is 15.0 Å². The Morgan fingerprint density at radius 1 is 1.38 bits per heavy atom. The van der Waals surface area contributed by atoms with Crippen molar-refractivity contribution in [1.82, 2.24) is 24.7 Å². The molecule has 0 bridgehead atoms. The number of carbonyl (C=O) groups is 1. The van der Waals surface area contributed by atoms with Crippen molar-refractivity contribution in [2.75, 3.05) is 0 Å². The Labute approximate surface area is 122 Å². The van der Waals surface area contributed by atoms with E-state index in [4.69, 9.17) is 5.11 Å². The standard InChI is InChI=1S/C14H17N5O2/c1-4-12-16-11(9-5-10(9)14(20)21)6-13(17-12)19-8(3)15-7(2)18-19/h6,9-10H,4-5H2,1-3H3,(H,20,21). The summed E-state index contributed by atoms with van der Waals surface area (Å²) in [6.45, 7) is 5.67. The number of aliphatic carboxylic acids is 1. The number of rotatable bonds is 4. The second-order valence-corrected chi connectivity index (χ2v) is 5.33. The Kier molecular flexibility index (Phi) is 3.19. The van der Waals surface area contributed by atoms with Crippen LogP contribution in [0.4, 0.5) is 0 Å². The molecule has 7 nitrogen and oxygen atoms in total. The fraction of sp³-hybridized carbons (Fsp3) is 0.500. The van der Waals surface area contributed by atoms with Crippen molar-refractivity contribution in [3.05, 3.63) is 29.2 Å². The first-order valence-corrected chi connectivity index (χ1v) is 7.01. The van der Waals surface area contributed by atoms with Crippen molar-refractivity contribution in [3.8, 4) is 5.82 Å². The topological polar surface area (TPSA) is 93.8 Å². The van der Waals surface area contributed by atoms with Gasteiger partial charge in [0.2, 0.25) is 0 Å². The predicted octanol–water partition coefficient (Wildman–Crippen LogP) is 1.42. The predicted molar refractivity (Wildman–Crippen MR) is 74.3 cm³/mol. The largest absolute Gasteiger partial charge is 0.481 e. The van der Waals surface area contributed by atoms with E-state index in [1.54, 1.807) is 4.68 Å². The van der Waals surface area contributed by atoms with E-state index in [2.05, 4.69) is 20.1 Å². The Morgan fingerprint density at radius 2 is 2.14 bits per heavy atom. The van der Waals surface area contributed by atoms with Gasteiger partial charge < -0.3 is 5.11 Å². The molecule has 2 aromatic rings. The van der Waals surface area contributed by atoms with Crippen LogP contribution >= 0.6 is 0 Å². The number of nitrogens with zero attached hydrogens (tertiary/aromatic N) is 5. The quantitative estimate of drug-likeness (QED) is 0.914. The van der Waals surface area contributed by atoms with E-state index in [0.29, 0.717) is 30.3 Å². The van der Waals surface area contributed by atoms with E-state index >= 15 is 0 Å². The van der Waals surface area contributed by atoms with Gasteiger partial charge >= 0.3 is 5.97 Å². The van der Waals surface area contributed by atoms with Crippen molar-refractivity contribution < 1.29 is 9.90 Å². The first kappa shape index (κ1) is 13.7. The molecule has 1 aliphatic carbocycles. The van der Waals surface area contributed by atoms with Gasteiger partial charge in [0.1, 0.15) is 17.5 Å². The van der Waals surface area contributed by atoms with Gasteiger partial charge in [-0.1, -0.05) is 6.92 Å². The highest BCUT2D eigenvalue weighted by Crippen LogP contribution is 2.47. The van der Waals surface area contributed by atoms with Crippen LogP contribution < -0.4 is 0 Å². The number of aromatic nitrogens is 5. The second kappa shape index (κ2) is 4.91. The molecule has 3 rings (SSSR count). The summed E-state index contributed by atoms with van der Waals surface area (Å²) in [7, 11) is 0. The van der Waals surface area contributed by atoms with Gasteiger partial charge in [0.25, 0.3) is 0 Å². The van der Waals surface area contributed by atoms with E-state index in [0.717, 1.165) is 11.5 Å². The molecular formula is C14H17N5O2. The number of aryl methyl sites for hydroxylation is 3. The monoisotopic (exact) mass is 287 g/mol. The summed E-state index contributed by atoms with van der Waals surface area (Å²) in [6.07, 6.45) is 1.34. The average molecular weight is 287 g/mol. The molecule has 0 saturated heterocycles. The van der Waals surface area contributed by atoms with Gasteiger partial charge in [-0.05, 0) is 20.3 Å². The lowest BCUT2D eigenvalue weighted by Crippen LogP contribution is -2.09. The molecule has 2 heterocycles. The first-order valence-electron chi connectivity index (χ1n) is 7.01. The highest BCUT2D eigenvalue weighted by molar-refractivity contribution is 5.75. The van der Waals surface area contributed by atoms with E-state index in [1.165, 1.54) is 0 Å². The summed E-state index contributed by atoms with van der Waals surface area (Å²) in [5.74, 6) is 1.70. The highest BCUT2D eigenvalue weighted by atomic mass is 16.4. The van der Waals surface area contributed by atoms with Gasteiger partial charge in [-0.3, -0.25) is 4.79 Å². The van der Waals surface area contributed by atoms with Gasteiger partial charge in [-0.15, -0.1) is 5.10 Å². The van der Waals surface area contributed by atoms with Crippen LogP contribution in [0.25, 0.3) is 5.82 Å². The summed E-state index contributed by atoms with van der Waals surface area (Å²) < 4.78 is 1.68. The molecule has 7 heteroatoms. The SMILES string of the molecule is CCc1nc(C2CC2C(=O)O)cc(-n2nc(C)nc2C)n1. The zero-order valence-corrected chi connectivity index (χ0v) is 12.2. The summed E-state index contributed by atoms with van der Waals surface area (Å²) >= 11 is 0. The first-order chi connectivity index (χ1) is 9.99. The Morgan fingerprint density at radius 3 is 2.67 bits per heavy atom. The zero-order chi connectivity index (χ0) is 15.1. The van der Waals surface area contributed by atoms with E-state index < -0.39 is 5.97 Å². The maximum Gasteiger partial charge on any atom is 0.307 e. The lowest BCUT2D eigenvalue weighted by molar-refractivity contribution is -0.138. The molecule has 1 aliphatic rings. The third kappa shape index (κ3) is 2.51. The third-order valence-electron chi connectivity index (χ3n) is 3.67. The summed E-state index contributed by atoms with van der Waals surface area (Å²) in [6, 6.07) is 1.83. The third-order valence-corrected chi connectivity index (χ3v) is 3.67. The summed E-state index contributed by atoms with van der Waals surface area (Å²) in [5.41, 5.74) is 0.789. The number of carboxylic acids is 1. The van der Waals surface area contributed by atoms with Crippen LogP contribution in [0.1, 0.15) is 42.4 Å². The van der Waals surface area contributed by atoms with Crippen molar-refractivity contribution in [2.45, 2.75) is 39.5 Å². The molecular weight excluding hydrogens is 270 g/mol. The minimum atomic E-state index is -0.758. The van der Waals surface area contributed by atoms with Crippen LogP contribution in [-0.4, -0.2) is 35.8 Å². The molecule has 0 aliphatic heterocycles. The van der Waals surface area contributed by atoms with E-state index in [1.807, 2.05) is 26.8 Å². The van der Waals surface area contributed by atoms with Crippen molar-refractivity contribution in [2.24, 2.45) is 5.92 Å². The highest BCUT2D eigenvalue weighted by Gasteiger charge is 2.45. The van der Waals surface area contributed by atoms with Gasteiger partial charge in [0.15, 0.2) is 5.82 Å². The zero-order valence-electron chi connectivity index (χ0n) is 12.2. The number of hydrogen-bond acceptors (Lipinski definition) is 5. The number of hydrogen-bond donors (Lipinski definition) is 1. The molecule has 110 valence electrons. The summed E-state index contributed by atoms with van der Waals surface area (Å²) in [4.78, 5) is 24.3. The lowest BCUT2D eigenvalue weighted by atomic mass is 10.2. The Bertz CT molecular complexity index is 709. The Balaban J connectivity index is 2.02. The smallest absolute Gasteiger partial charge is 0.307 e. The van der Waals surface area contributed by atoms with Crippen LogP contribution in [0.15, 0.2) is 6.07 Å². The number of carboxylic acid groups (broad SMARTS) is 1. The summed E-state index contributed by atoms with van der Waals surface area (Å²) in [5, 5.41) is 13.4. The average Bonchev–Trinajstić information content (AvgIpc) is 3.18. The minimum absolute atomic E-state index is 0.0144. The molecule has 2 atom stereocenters. The Hall–Kier alpha value is -2.31. The van der Waals surface area contributed by atoms with E-state index in [9.17, 15) is 4.79 Å². The molecule has 0 aromatic carbocycles. The fourth-order valence-electron chi connectivity index (χ4n) is 2.49. The second-order valence-electron chi connectivity index (χ2n) is 5.33. The molecule has 2 aromatic heterocycles. The van der Waals surface area contributed by atoms with Crippen LogP contribution in [0, 0.1) is 19.8 Å². The van der Waals surface area contributed by atoms with Crippen LogP contribution in [0.5, 0.6) is 0 Å². The molecule has 2 unspecified atom stereocenters. The molecule has 0 radical (unpaired) electrons. The molecule has 0 spiro atoms. The van der Waals surface area contributed by atoms with Crippen molar-refractivity contribution >= 4 is 5.97 Å². The van der Waals surface area contributed by atoms with Crippen LogP contribution in [-0.2, 0) is 11.2 Å². The molecule has 1 saturated carbocycles. The molecule has 0 amide bonds. The van der Waals surface area contributed by atoms with Gasteiger partial charge in [0, 0.05) is 18.4 Å². The minimum Gasteiger partial charge on any atom is -0.481 e. The normalized spacial score (nSPS) is 20.5.